The van der Waals surface area contributed by atoms with Gasteiger partial charge in [-0.1, -0.05) is 11.6 Å². The highest BCUT2D eigenvalue weighted by Gasteiger charge is 2.24. The number of rotatable bonds is 4. The maximum Gasteiger partial charge on any atom is 0.253 e. The zero-order valence-electron chi connectivity index (χ0n) is 11.9. The molecule has 1 amide bonds. The van der Waals surface area contributed by atoms with E-state index in [4.69, 9.17) is 11.6 Å². The molecule has 1 aliphatic rings. The second-order valence-corrected chi connectivity index (χ2v) is 7.07. The molecular formula is C15H16ClN3O2S. The zero-order chi connectivity index (χ0) is 15.5. The average Bonchev–Trinajstić information content (AvgIpc) is 2.88. The van der Waals surface area contributed by atoms with Gasteiger partial charge in [-0.2, -0.15) is 0 Å². The summed E-state index contributed by atoms with van der Waals surface area (Å²) in [5, 5.41) is 3.05. The van der Waals surface area contributed by atoms with Gasteiger partial charge in [0.05, 0.1) is 16.7 Å². The fourth-order valence-corrected chi connectivity index (χ4v) is 4.09. The fraction of sp³-hybridized carbons (Fsp3) is 0.400. The number of carbonyl (C=O) groups is 1. The Bertz CT molecular complexity index is 740. The lowest BCUT2D eigenvalue weighted by atomic mass is 9.94. The molecule has 5 nitrogen and oxygen atoms in total. The molecule has 0 aliphatic heterocycles. The summed E-state index contributed by atoms with van der Waals surface area (Å²) in [5.74, 6) is -0.0593. The van der Waals surface area contributed by atoms with Crippen molar-refractivity contribution in [2.75, 3.05) is 0 Å². The predicted molar refractivity (Wildman–Crippen MR) is 86.3 cm³/mol. The molecule has 0 saturated heterocycles. The Morgan fingerprint density at radius 1 is 1.55 bits per heavy atom. The van der Waals surface area contributed by atoms with Crippen molar-refractivity contribution < 1.29 is 4.79 Å². The Hall–Kier alpha value is -1.66. The summed E-state index contributed by atoms with van der Waals surface area (Å²) in [6.45, 7) is 0.336. The number of fused-ring (bicyclic) bond motifs is 1. The Balaban J connectivity index is 1.61. The van der Waals surface area contributed by atoms with Crippen molar-refractivity contribution in [2.45, 2.75) is 38.3 Å². The number of hydrogen-bond acceptors (Lipinski definition) is 4. The molecule has 2 aromatic heterocycles. The van der Waals surface area contributed by atoms with Gasteiger partial charge in [0, 0.05) is 30.1 Å². The van der Waals surface area contributed by atoms with Gasteiger partial charge in [-0.15, -0.1) is 11.3 Å². The molecule has 1 N–H and O–H groups in total. The Kier molecular flexibility index (Phi) is 4.59. The first-order valence-electron chi connectivity index (χ1n) is 7.21. The normalized spacial score (nSPS) is 17.0. The first kappa shape index (κ1) is 15.2. The van der Waals surface area contributed by atoms with Crippen molar-refractivity contribution in [3.05, 3.63) is 49.8 Å². The number of nitrogens with one attached hydrogen (secondary N) is 1. The second-order valence-electron chi connectivity index (χ2n) is 5.30. The summed E-state index contributed by atoms with van der Waals surface area (Å²) in [6, 6.07) is 3.38. The summed E-state index contributed by atoms with van der Waals surface area (Å²) in [5.41, 5.74) is 1.00. The highest BCUT2D eigenvalue weighted by atomic mass is 35.5. The van der Waals surface area contributed by atoms with E-state index >= 15 is 0 Å². The average molecular weight is 338 g/mol. The molecule has 0 spiro atoms. The number of halogens is 1. The van der Waals surface area contributed by atoms with Gasteiger partial charge in [-0.05, 0) is 30.9 Å². The Morgan fingerprint density at radius 3 is 3.23 bits per heavy atom. The molecule has 0 aromatic carbocycles. The van der Waals surface area contributed by atoms with Crippen LogP contribution in [0, 0.1) is 0 Å². The highest BCUT2D eigenvalue weighted by Crippen LogP contribution is 2.37. The second kappa shape index (κ2) is 6.62. The van der Waals surface area contributed by atoms with Gasteiger partial charge < -0.3 is 5.32 Å². The van der Waals surface area contributed by atoms with E-state index in [1.165, 1.54) is 28.0 Å². The van der Waals surface area contributed by atoms with Crippen LogP contribution in [0.2, 0.25) is 4.34 Å². The Morgan fingerprint density at radius 2 is 2.41 bits per heavy atom. The lowest BCUT2D eigenvalue weighted by Gasteiger charge is -2.23. The summed E-state index contributed by atoms with van der Waals surface area (Å²) in [7, 11) is 0. The van der Waals surface area contributed by atoms with Gasteiger partial charge in [0.25, 0.3) is 5.56 Å². The van der Waals surface area contributed by atoms with Crippen LogP contribution in [-0.4, -0.2) is 15.5 Å². The number of thiophene rings is 1. The van der Waals surface area contributed by atoms with Crippen LogP contribution in [0.25, 0.3) is 0 Å². The van der Waals surface area contributed by atoms with Crippen LogP contribution in [0.4, 0.5) is 0 Å². The smallest absolute Gasteiger partial charge is 0.253 e. The summed E-state index contributed by atoms with van der Waals surface area (Å²) in [4.78, 5) is 28.9. The van der Waals surface area contributed by atoms with E-state index in [1.54, 1.807) is 11.3 Å². The van der Waals surface area contributed by atoms with E-state index < -0.39 is 0 Å². The van der Waals surface area contributed by atoms with E-state index in [0.29, 0.717) is 6.54 Å². The van der Waals surface area contributed by atoms with Crippen LogP contribution in [0.15, 0.2) is 29.5 Å². The van der Waals surface area contributed by atoms with Gasteiger partial charge in [0.15, 0.2) is 0 Å². The summed E-state index contributed by atoms with van der Waals surface area (Å²) in [6.07, 6.45) is 6.17. The topological polar surface area (TPSA) is 64.0 Å². The third kappa shape index (κ3) is 3.39. The predicted octanol–water partition coefficient (Wildman–Crippen LogP) is 2.54. The number of aryl methyl sites for hydroxylation is 2. The molecule has 2 aromatic rings. The minimum absolute atomic E-state index is 0.0330. The van der Waals surface area contributed by atoms with Crippen LogP contribution >= 0.6 is 22.9 Å². The van der Waals surface area contributed by atoms with Crippen LogP contribution in [0.3, 0.4) is 0 Å². The van der Waals surface area contributed by atoms with Crippen molar-refractivity contribution in [2.24, 2.45) is 0 Å². The fourth-order valence-electron chi connectivity index (χ4n) is 2.71. The SMILES string of the molecule is O=C(CCn1cnccc1=O)NC1CCCc2sc(Cl)cc21. The van der Waals surface area contributed by atoms with Gasteiger partial charge in [0.2, 0.25) is 5.91 Å². The maximum atomic E-state index is 12.1. The third-order valence-electron chi connectivity index (χ3n) is 3.79. The van der Waals surface area contributed by atoms with Gasteiger partial charge in [-0.3, -0.25) is 14.2 Å². The first-order chi connectivity index (χ1) is 10.6. The van der Waals surface area contributed by atoms with Crippen LogP contribution < -0.4 is 10.9 Å². The lowest BCUT2D eigenvalue weighted by Crippen LogP contribution is -2.32. The molecule has 0 fully saturated rings. The highest BCUT2D eigenvalue weighted by molar-refractivity contribution is 7.16. The monoisotopic (exact) mass is 337 g/mol. The van der Waals surface area contributed by atoms with Crippen molar-refractivity contribution in [3.8, 4) is 0 Å². The zero-order valence-corrected chi connectivity index (χ0v) is 13.5. The number of nitrogens with zero attached hydrogens (tertiary/aromatic N) is 2. The molecule has 7 heteroatoms. The van der Waals surface area contributed by atoms with E-state index in [0.717, 1.165) is 29.2 Å². The van der Waals surface area contributed by atoms with E-state index in [-0.39, 0.29) is 23.9 Å². The van der Waals surface area contributed by atoms with E-state index in [2.05, 4.69) is 10.3 Å². The number of aromatic nitrogens is 2. The van der Waals surface area contributed by atoms with Gasteiger partial charge in [0.1, 0.15) is 0 Å². The maximum absolute atomic E-state index is 12.1. The molecule has 0 bridgehead atoms. The molecule has 1 atom stereocenters. The first-order valence-corrected chi connectivity index (χ1v) is 8.41. The van der Waals surface area contributed by atoms with E-state index in [9.17, 15) is 9.59 Å². The van der Waals surface area contributed by atoms with E-state index in [1.807, 2.05) is 6.07 Å². The van der Waals surface area contributed by atoms with Crippen molar-refractivity contribution in [1.29, 1.82) is 0 Å². The number of amides is 1. The van der Waals surface area contributed by atoms with Crippen molar-refractivity contribution >= 4 is 28.8 Å². The third-order valence-corrected chi connectivity index (χ3v) is 5.13. The van der Waals surface area contributed by atoms with Crippen molar-refractivity contribution in [1.82, 2.24) is 14.9 Å². The minimum atomic E-state index is -0.146. The van der Waals surface area contributed by atoms with Gasteiger partial charge in [-0.25, -0.2) is 4.98 Å². The molecule has 3 rings (SSSR count). The minimum Gasteiger partial charge on any atom is -0.349 e. The van der Waals surface area contributed by atoms with Crippen molar-refractivity contribution in [3.63, 3.8) is 0 Å². The van der Waals surface area contributed by atoms with Gasteiger partial charge >= 0.3 is 0 Å². The molecule has 22 heavy (non-hydrogen) atoms. The lowest BCUT2D eigenvalue weighted by molar-refractivity contribution is -0.122. The molecular weight excluding hydrogens is 322 g/mol. The summed E-state index contributed by atoms with van der Waals surface area (Å²) >= 11 is 7.67. The summed E-state index contributed by atoms with van der Waals surface area (Å²) < 4.78 is 2.21. The molecule has 0 radical (unpaired) electrons. The standard InChI is InChI=1S/C15H16ClN3O2S/c16-13-8-10-11(2-1-3-12(10)22-13)18-14(20)5-7-19-9-17-6-4-15(19)21/h4,6,8-9,11H,1-3,5,7H2,(H,18,20). The Labute approximate surface area is 137 Å². The number of carbonyl (C=O) groups excluding carboxylic acids is 1. The molecule has 116 valence electrons. The number of hydrogen-bond donors (Lipinski definition) is 1. The molecule has 0 saturated carbocycles. The quantitative estimate of drug-likeness (QED) is 0.932. The molecule has 2 heterocycles. The van der Waals surface area contributed by atoms with Crippen LogP contribution in [-0.2, 0) is 17.8 Å². The molecule has 1 unspecified atom stereocenters. The van der Waals surface area contributed by atoms with Crippen LogP contribution in [0.5, 0.6) is 0 Å². The van der Waals surface area contributed by atoms with Crippen LogP contribution in [0.1, 0.15) is 35.7 Å². The molecule has 1 aliphatic carbocycles. The largest absolute Gasteiger partial charge is 0.349 e.